The maximum absolute atomic E-state index is 10.9. The third-order valence-corrected chi connectivity index (χ3v) is 6.21. The second-order valence-corrected chi connectivity index (χ2v) is 9.25. The van der Waals surface area contributed by atoms with Crippen LogP contribution in [0, 0.1) is 0 Å². The molecule has 0 saturated carbocycles. The number of rotatable bonds is 24. The molecule has 0 heterocycles. The SMILES string of the molecule is CCCC/C=C/CCCCC[N+](CCCCC(=O)O)(CCCCC(=O)O)CCCCC(=O)O. The number of allylic oxidation sites excluding steroid dienone is 2. The normalized spacial score (nSPS) is 11.8. The van der Waals surface area contributed by atoms with Crippen LogP contribution in [0.3, 0.4) is 0 Å². The van der Waals surface area contributed by atoms with E-state index in [2.05, 4.69) is 19.1 Å². The summed E-state index contributed by atoms with van der Waals surface area (Å²) in [5, 5.41) is 26.9. The van der Waals surface area contributed by atoms with Crippen LogP contribution in [0.2, 0.25) is 0 Å². The maximum Gasteiger partial charge on any atom is 0.303 e. The van der Waals surface area contributed by atoms with Gasteiger partial charge in [-0.15, -0.1) is 0 Å². The van der Waals surface area contributed by atoms with Crippen LogP contribution < -0.4 is 0 Å². The standard InChI is InChI=1S/C26H47NO6/c1-2-3-4-5-6-7-8-9-13-20-27(21-14-10-17-24(28)29,22-15-11-18-25(30)31)23-16-12-19-26(32)33/h5-6H,2-4,7-23H2,1H3,(H2-,28,29,30,31,32,33)/p+1/b6-5+. The van der Waals surface area contributed by atoms with Gasteiger partial charge in [0, 0.05) is 19.3 Å². The predicted octanol–water partition coefficient (Wildman–Crippen LogP) is 5.87. The highest BCUT2D eigenvalue weighted by molar-refractivity contribution is 5.67. The summed E-state index contributed by atoms with van der Waals surface area (Å²) in [6.45, 7) is 5.83. The fourth-order valence-electron chi connectivity index (χ4n) is 4.28. The van der Waals surface area contributed by atoms with Crippen molar-refractivity contribution >= 4 is 17.9 Å². The van der Waals surface area contributed by atoms with Gasteiger partial charge in [0.15, 0.2) is 0 Å². The second-order valence-electron chi connectivity index (χ2n) is 9.25. The van der Waals surface area contributed by atoms with E-state index in [1.165, 1.54) is 12.8 Å². The van der Waals surface area contributed by atoms with Gasteiger partial charge in [0.05, 0.1) is 26.2 Å². The number of hydrogen-bond acceptors (Lipinski definition) is 3. The molecule has 0 aliphatic carbocycles. The summed E-state index contributed by atoms with van der Waals surface area (Å²) >= 11 is 0. The summed E-state index contributed by atoms with van der Waals surface area (Å²) in [7, 11) is 0. The number of carboxylic acid groups (broad SMARTS) is 3. The van der Waals surface area contributed by atoms with Crippen molar-refractivity contribution in [2.75, 3.05) is 26.2 Å². The largest absolute Gasteiger partial charge is 0.481 e. The van der Waals surface area contributed by atoms with Crippen LogP contribution in [0.25, 0.3) is 0 Å². The zero-order chi connectivity index (χ0) is 24.8. The van der Waals surface area contributed by atoms with E-state index >= 15 is 0 Å². The van der Waals surface area contributed by atoms with Gasteiger partial charge in [-0.05, 0) is 70.6 Å². The topological polar surface area (TPSA) is 112 Å². The summed E-state index contributed by atoms with van der Waals surface area (Å²) < 4.78 is 0.852. The van der Waals surface area contributed by atoms with Crippen molar-refractivity contribution in [2.24, 2.45) is 0 Å². The lowest BCUT2D eigenvalue weighted by molar-refractivity contribution is -0.929. The Kier molecular flexibility index (Phi) is 19.5. The number of hydrogen-bond donors (Lipinski definition) is 3. The van der Waals surface area contributed by atoms with Gasteiger partial charge in [-0.25, -0.2) is 0 Å². The molecule has 0 radical (unpaired) electrons. The molecule has 0 rings (SSSR count). The molecule has 7 heteroatoms. The Morgan fingerprint density at radius 3 is 1.27 bits per heavy atom. The number of aliphatic carboxylic acids is 3. The predicted molar refractivity (Wildman–Crippen MR) is 131 cm³/mol. The third-order valence-electron chi connectivity index (χ3n) is 6.21. The lowest BCUT2D eigenvalue weighted by atomic mass is 10.1. The van der Waals surface area contributed by atoms with Crippen molar-refractivity contribution in [1.82, 2.24) is 0 Å². The molecule has 0 aromatic carbocycles. The molecule has 192 valence electrons. The van der Waals surface area contributed by atoms with Crippen molar-refractivity contribution < 1.29 is 34.2 Å². The molecule has 0 atom stereocenters. The van der Waals surface area contributed by atoms with Gasteiger partial charge < -0.3 is 19.8 Å². The first kappa shape index (κ1) is 31.1. The Labute approximate surface area is 200 Å². The highest BCUT2D eigenvalue weighted by Gasteiger charge is 2.26. The Hall–Kier alpha value is -1.89. The zero-order valence-corrected chi connectivity index (χ0v) is 20.8. The number of quaternary nitrogens is 1. The summed E-state index contributed by atoms with van der Waals surface area (Å²) in [5.74, 6) is -2.32. The fraction of sp³-hybridized carbons (Fsp3) is 0.808. The Bertz CT molecular complexity index is 506. The zero-order valence-electron chi connectivity index (χ0n) is 20.8. The van der Waals surface area contributed by atoms with E-state index in [0.717, 1.165) is 82.0 Å². The summed E-state index contributed by atoms with van der Waals surface area (Å²) in [5.41, 5.74) is 0. The molecule has 0 spiro atoms. The molecule has 0 bridgehead atoms. The van der Waals surface area contributed by atoms with Crippen LogP contribution in [-0.2, 0) is 14.4 Å². The minimum atomic E-state index is -0.775. The van der Waals surface area contributed by atoms with Crippen LogP contribution in [0.5, 0.6) is 0 Å². The number of unbranched alkanes of at least 4 members (excludes halogenated alkanes) is 8. The van der Waals surface area contributed by atoms with Gasteiger partial charge in [-0.1, -0.05) is 31.9 Å². The van der Waals surface area contributed by atoms with Gasteiger partial charge in [-0.2, -0.15) is 0 Å². The minimum Gasteiger partial charge on any atom is -0.481 e. The lowest BCUT2D eigenvalue weighted by Crippen LogP contribution is -2.51. The molecule has 7 nitrogen and oxygen atoms in total. The second kappa shape index (κ2) is 20.7. The minimum absolute atomic E-state index is 0.169. The van der Waals surface area contributed by atoms with Crippen molar-refractivity contribution in [3.05, 3.63) is 12.2 Å². The monoisotopic (exact) mass is 470 g/mol. The summed E-state index contributed by atoms with van der Waals surface area (Å²) in [4.78, 5) is 32.7. The molecule has 0 aliphatic rings. The molecule has 3 N–H and O–H groups in total. The van der Waals surface area contributed by atoms with Crippen LogP contribution in [0.1, 0.15) is 110 Å². The molecule has 0 unspecified atom stereocenters. The molecular weight excluding hydrogens is 422 g/mol. The molecule has 0 aromatic heterocycles. The Balaban J connectivity index is 4.85. The highest BCUT2D eigenvalue weighted by atomic mass is 16.4. The molecule has 0 aliphatic heterocycles. The van der Waals surface area contributed by atoms with Crippen molar-refractivity contribution in [1.29, 1.82) is 0 Å². The molecule has 33 heavy (non-hydrogen) atoms. The van der Waals surface area contributed by atoms with E-state index < -0.39 is 17.9 Å². The molecule has 0 saturated heterocycles. The van der Waals surface area contributed by atoms with Crippen LogP contribution >= 0.6 is 0 Å². The van der Waals surface area contributed by atoms with Crippen LogP contribution in [-0.4, -0.2) is 63.9 Å². The van der Waals surface area contributed by atoms with Crippen molar-refractivity contribution in [2.45, 2.75) is 110 Å². The van der Waals surface area contributed by atoms with E-state index in [-0.39, 0.29) is 19.3 Å². The van der Waals surface area contributed by atoms with Crippen LogP contribution in [0.15, 0.2) is 12.2 Å². The van der Waals surface area contributed by atoms with E-state index in [1.807, 2.05) is 0 Å². The molecular formula is C26H48NO6+. The smallest absolute Gasteiger partial charge is 0.303 e. The average molecular weight is 471 g/mol. The first-order valence-electron chi connectivity index (χ1n) is 13.0. The number of carboxylic acids is 3. The third kappa shape index (κ3) is 20.4. The maximum atomic E-state index is 10.9. The van der Waals surface area contributed by atoms with Gasteiger partial charge >= 0.3 is 17.9 Å². The van der Waals surface area contributed by atoms with E-state index in [4.69, 9.17) is 15.3 Å². The van der Waals surface area contributed by atoms with Crippen molar-refractivity contribution in [3.63, 3.8) is 0 Å². The lowest BCUT2D eigenvalue weighted by Gasteiger charge is -2.39. The van der Waals surface area contributed by atoms with E-state index in [0.29, 0.717) is 19.3 Å². The van der Waals surface area contributed by atoms with Gasteiger partial charge in [-0.3, -0.25) is 14.4 Å². The summed E-state index contributed by atoms with van der Waals surface area (Å²) in [6, 6.07) is 0. The number of nitrogens with zero attached hydrogens (tertiary/aromatic N) is 1. The average Bonchev–Trinajstić information content (AvgIpc) is 2.75. The van der Waals surface area contributed by atoms with Gasteiger partial charge in [0.1, 0.15) is 0 Å². The Morgan fingerprint density at radius 2 is 0.909 bits per heavy atom. The quantitative estimate of drug-likeness (QED) is 0.0923. The van der Waals surface area contributed by atoms with Crippen LogP contribution in [0.4, 0.5) is 0 Å². The van der Waals surface area contributed by atoms with E-state index in [1.54, 1.807) is 0 Å². The first-order chi connectivity index (χ1) is 15.8. The van der Waals surface area contributed by atoms with Crippen molar-refractivity contribution in [3.8, 4) is 0 Å². The summed E-state index contributed by atoms with van der Waals surface area (Å²) in [6.07, 6.45) is 17.5. The number of carbonyl (C=O) groups is 3. The van der Waals surface area contributed by atoms with Gasteiger partial charge in [0.25, 0.3) is 0 Å². The fourth-order valence-corrected chi connectivity index (χ4v) is 4.28. The highest BCUT2D eigenvalue weighted by Crippen LogP contribution is 2.19. The van der Waals surface area contributed by atoms with E-state index in [9.17, 15) is 14.4 Å². The molecule has 0 fully saturated rings. The first-order valence-corrected chi connectivity index (χ1v) is 13.0. The van der Waals surface area contributed by atoms with Gasteiger partial charge in [0.2, 0.25) is 0 Å². The molecule has 0 aromatic rings. The Morgan fingerprint density at radius 1 is 0.545 bits per heavy atom. The molecule has 0 amide bonds.